The summed E-state index contributed by atoms with van der Waals surface area (Å²) in [5, 5.41) is 0. The summed E-state index contributed by atoms with van der Waals surface area (Å²) in [5.41, 5.74) is 0. The van der Waals surface area contributed by atoms with Crippen LogP contribution in [-0.4, -0.2) is 0 Å². The van der Waals surface area contributed by atoms with Gasteiger partial charge < -0.3 is 0 Å². The molecular formula is C39H84. The second-order valence-electron chi connectivity index (χ2n) is 12.5. The average molecular weight is 553 g/mol. The van der Waals surface area contributed by atoms with Gasteiger partial charge in [-0.1, -0.05) is 253 Å². The van der Waals surface area contributed by atoms with Gasteiger partial charge in [0.25, 0.3) is 0 Å². The van der Waals surface area contributed by atoms with Gasteiger partial charge in [-0.2, -0.15) is 0 Å². The average Bonchev–Trinajstić information content (AvgIpc) is 2.95. The van der Waals surface area contributed by atoms with Gasteiger partial charge in [-0.25, -0.2) is 0 Å². The fourth-order valence-electron chi connectivity index (χ4n) is 5.21. The summed E-state index contributed by atoms with van der Waals surface area (Å²) in [5.74, 6) is 0. The van der Waals surface area contributed by atoms with Crippen LogP contribution in [0.4, 0.5) is 0 Å². The number of rotatable bonds is 30. The van der Waals surface area contributed by atoms with E-state index in [4.69, 9.17) is 0 Å². The van der Waals surface area contributed by atoms with E-state index in [2.05, 4.69) is 41.5 Å². The molecule has 0 bridgehead atoms. The molecule has 0 heterocycles. The van der Waals surface area contributed by atoms with Crippen molar-refractivity contribution in [3.05, 3.63) is 0 Å². The molecule has 0 fully saturated rings. The van der Waals surface area contributed by atoms with Crippen molar-refractivity contribution in [3.8, 4) is 0 Å². The maximum Gasteiger partial charge on any atom is -0.0533 e. The van der Waals surface area contributed by atoms with E-state index in [0.717, 1.165) is 0 Å². The van der Waals surface area contributed by atoms with Crippen molar-refractivity contribution in [1.29, 1.82) is 0 Å². The number of hydrogen-bond donors (Lipinski definition) is 0. The fourth-order valence-corrected chi connectivity index (χ4v) is 5.21. The van der Waals surface area contributed by atoms with Crippen LogP contribution in [0.1, 0.15) is 253 Å². The Hall–Kier alpha value is 0. The molecular weight excluding hydrogens is 468 g/mol. The van der Waals surface area contributed by atoms with Crippen LogP contribution in [0.3, 0.4) is 0 Å². The summed E-state index contributed by atoms with van der Waals surface area (Å²) in [4.78, 5) is 0. The van der Waals surface area contributed by atoms with Crippen molar-refractivity contribution in [2.75, 3.05) is 0 Å². The lowest BCUT2D eigenvalue weighted by molar-refractivity contribution is 0.529. The highest BCUT2D eigenvalue weighted by atomic mass is 14.0. The van der Waals surface area contributed by atoms with Gasteiger partial charge in [-0.15, -0.1) is 0 Å². The van der Waals surface area contributed by atoms with Crippen LogP contribution in [0.5, 0.6) is 0 Å². The van der Waals surface area contributed by atoms with Crippen molar-refractivity contribution in [1.82, 2.24) is 0 Å². The lowest BCUT2D eigenvalue weighted by atomic mass is 10.0. The van der Waals surface area contributed by atoms with Crippen molar-refractivity contribution < 1.29 is 0 Å². The summed E-state index contributed by atoms with van der Waals surface area (Å²) in [6.45, 7) is 13.7. The van der Waals surface area contributed by atoms with Crippen molar-refractivity contribution in [2.45, 2.75) is 253 Å². The van der Waals surface area contributed by atoms with E-state index >= 15 is 0 Å². The Kier molecular flexibility index (Phi) is 53.2. The van der Waals surface area contributed by atoms with Crippen LogP contribution >= 0.6 is 0 Å². The molecule has 0 atom stereocenters. The summed E-state index contributed by atoms with van der Waals surface area (Å²) < 4.78 is 0. The highest BCUT2D eigenvalue weighted by molar-refractivity contribution is 4.50. The van der Waals surface area contributed by atoms with E-state index in [1.54, 1.807) is 0 Å². The SMILES string of the molecule is CCCCCCCC.CCCCCCCCCCCC.CCCCCCCCCCCCCCCCCCC. The third-order valence-corrected chi connectivity index (χ3v) is 8.12. The highest BCUT2D eigenvalue weighted by Gasteiger charge is 1.94. The van der Waals surface area contributed by atoms with Gasteiger partial charge in [-0.05, 0) is 0 Å². The van der Waals surface area contributed by atoms with Crippen LogP contribution in [0, 0.1) is 0 Å². The Morgan fingerprint density at radius 1 is 0.128 bits per heavy atom. The molecule has 0 saturated carbocycles. The molecule has 0 aliphatic heterocycles. The maximum atomic E-state index is 2.30. The molecule has 0 rings (SSSR count). The molecule has 0 amide bonds. The molecule has 0 aliphatic rings. The standard InChI is InChI=1S/C19H40.C12H26.C8H18/c1-3-5-7-9-11-13-15-17-19-18-16-14-12-10-8-6-4-2;1-3-5-7-9-11-12-10-8-6-4-2;1-3-5-7-8-6-4-2/h3-19H2,1-2H3;3-12H2,1-2H3;3-8H2,1-2H3. The summed E-state index contributed by atoms with van der Waals surface area (Å²) in [7, 11) is 0. The van der Waals surface area contributed by atoms with Gasteiger partial charge >= 0.3 is 0 Å². The number of unbranched alkanes of at least 4 members (excludes halogenated alkanes) is 30. The molecule has 0 heteroatoms. The molecule has 39 heavy (non-hydrogen) atoms. The van der Waals surface area contributed by atoms with E-state index in [-0.39, 0.29) is 0 Å². The Bertz CT molecular complexity index is 301. The predicted octanol–water partition coefficient (Wildman–Crippen LogP) is 16.0. The summed E-state index contributed by atoms with van der Waals surface area (Å²) in [6, 6.07) is 0. The molecule has 0 aromatic rings. The van der Waals surface area contributed by atoms with E-state index in [1.165, 1.54) is 212 Å². The molecule has 240 valence electrons. The van der Waals surface area contributed by atoms with Crippen molar-refractivity contribution in [2.24, 2.45) is 0 Å². The molecule has 0 radical (unpaired) electrons. The second-order valence-corrected chi connectivity index (χ2v) is 12.5. The topological polar surface area (TPSA) is 0 Å². The first-order valence-electron chi connectivity index (χ1n) is 19.2. The largest absolute Gasteiger partial charge is 0.0654 e. The number of hydrogen-bond acceptors (Lipinski definition) is 0. The fraction of sp³-hybridized carbons (Fsp3) is 1.00. The van der Waals surface area contributed by atoms with Gasteiger partial charge in [-0.3, -0.25) is 0 Å². The van der Waals surface area contributed by atoms with Crippen LogP contribution in [0.15, 0.2) is 0 Å². The highest BCUT2D eigenvalue weighted by Crippen LogP contribution is 2.14. The predicted molar refractivity (Wildman–Crippen MR) is 186 cm³/mol. The summed E-state index contributed by atoms with van der Waals surface area (Å²) >= 11 is 0. The molecule has 0 aromatic heterocycles. The smallest absolute Gasteiger partial charge is 0.0533 e. The van der Waals surface area contributed by atoms with Gasteiger partial charge in [0.15, 0.2) is 0 Å². The zero-order valence-corrected chi connectivity index (χ0v) is 29.3. The second kappa shape index (κ2) is 47.8. The van der Waals surface area contributed by atoms with Gasteiger partial charge in [0.1, 0.15) is 0 Å². The quantitative estimate of drug-likeness (QED) is 0.0777. The van der Waals surface area contributed by atoms with Gasteiger partial charge in [0, 0.05) is 0 Å². The third kappa shape index (κ3) is 54.7. The Morgan fingerprint density at radius 2 is 0.205 bits per heavy atom. The first-order chi connectivity index (χ1) is 19.2. The summed E-state index contributed by atoms with van der Waals surface area (Å²) in [6.07, 6.45) is 47.8. The minimum atomic E-state index is 1.36. The van der Waals surface area contributed by atoms with E-state index in [1.807, 2.05) is 0 Å². The lowest BCUT2D eigenvalue weighted by Crippen LogP contribution is -1.83. The van der Waals surface area contributed by atoms with Crippen LogP contribution in [-0.2, 0) is 0 Å². The molecule has 0 N–H and O–H groups in total. The first-order valence-corrected chi connectivity index (χ1v) is 19.2. The zero-order valence-electron chi connectivity index (χ0n) is 29.3. The van der Waals surface area contributed by atoms with Gasteiger partial charge in [0.2, 0.25) is 0 Å². The zero-order chi connectivity index (χ0) is 29.3. The molecule has 0 aliphatic carbocycles. The Labute approximate surface area is 253 Å². The van der Waals surface area contributed by atoms with Gasteiger partial charge in [0.05, 0.1) is 0 Å². The minimum Gasteiger partial charge on any atom is -0.0654 e. The lowest BCUT2D eigenvalue weighted by Gasteiger charge is -2.03. The van der Waals surface area contributed by atoms with Crippen LogP contribution in [0.2, 0.25) is 0 Å². The van der Waals surface area contributed by atoms with Crippen molar-refractivity contribution in [3.63, 3.8) is 0 Å². The molecule has 0 saturated heterocycles. The molecule has 0 aromatic carbocycles. The van der Waals surface area contributed by atoms with E-state index in [9.17, 15) is 0 Å². The van der Waals surface area contributed by atoms with E-state index in [0.29, 0.717) is 0 Å². The van der Waals surface area contributed by atoms with Crippen LogP contribution in [0.25, 0.3) is 0 Å². The molecule has 0 unspecified atom stereocenters. The minimum absolute atomic E-state index is 1.36. The molecule has 0 nitrogen and oxygen atoms in total. The monoisotopic (exact) mass is 553 g/mol. The normalized spacial score (nSPS) is 10.6. The Morgan fingerprint density at radius 3 is 0.282 bits per heavy atom. The first kappa shape index (κ1) is 43.5. The maximum absolute atomic E-state index is 2.30. The van der Waals surface area contributed by atoms with Crippen molar-refractivity contribution >= 4 is 0 Å². The van der Waals surface area contributed by atoms with Crippen LogP contribution < -0.4 is 0 Å². The Balaban J connectivity index is -0.000000552. The van der Waals surface area contributed by atoms with E-state index < -0.39 is 0 Å². The molecule has 0 spiro atoms. The third-order valence-electron chi connectivity index (χ3n) is 8.12.